The number of aryl methyl sites for hydroxylation is 2. The fraction of sp³-hybridized carbons (Fsp3) is 0.125. The Morgan fingerprint density at radius 3 is 2.24 bits per heavy atom. The van der Waals surface area contributed by atoms with Crippen molar-refractivity contribution in [2.24, 2.45) is 0 Å². The van der Waals surface area contributed by atoms with Crippen LogP contribution in [0.1, 0.15) is 11.1 Å². The molecule has 3 aromatic rings. The van der Waals surface area contributed by atoms with Crippen molar-refractivity contribution in [3.63, 3.8) is 0 Å². The molecule has 0 saturated carbocycles. The fourth-order valence-corrected chi connectivity index (χ4v) is 2.59. The minimum Gasteiger partial charge on any atom is -0.228 e. The van der Waals surface area contributed by atoms with E-state index in [-0.39, 0.29) is 16.5 Å². The van der Waals surface area contributed by atoms with Crippen molar-refractivity contribution in [2.45, 2.75) is 13.8 Å². The van der Waals surface area contributed by atoms with E-state index in [0.29, 0.717) is 5.52 Å². The first-order valence-electron chi connectivity index (χ1n) is 6.35. The van der Waals surface area contributed by atoms with Gasteiger partial charge in [-0.3, -0.25) is 0 Å². The van der Waals surface area contributed by atoms with Crippen LogP contribution in [0.2, 0.25) is 5.15 Å². The van der Waals surface area contributed by atoms with E-state index in [4.69, 9.17) is 11.6 Å². The molecule has 0 atom stereocenters. The lowest BCUT2D eigenvalue weighted by Crippen LogP contribution is -1.95. The number of aromatic nitrogens is 2. The molecule has 0 N–H and O–H groups in total. The minimum absolute atomic E-state index is 0.206. The Morgan fingerprint density at radius 2 is 1.57 bits per heavy atom. The summed E-state index contributed by atoms with van der Waals surface area (Å²) in [6.45, 7) is 3.87. The zero-order valence-electron chi connectivity index (χ0n) is 11.4. The monoisotopic (exact) mass is 304 g/mol. The predicted octanol–water partition coefficient (Wildman–Crippen LogP) is 4.85. The van der Waals surface area contributed by atoms with Gasteiger partial charge in [0.2, 0.25) is 0 Å². The number of hydrogen-bond acceptors (Lipinski definition) is 2. The highest BCUT2D eigenvalue weighted by molar-refractivity contribution is 6.34. The maximum atomic E-state index is 13.3. The van der Waals surface area contributed by atoms with E-state index in [1.54, 1.807) is 0 Å². The van der Waals surface area contributed by atoms with Crippen LogP contribution >= 0.6 is 11.6 Å². The summed E-state index contributed by atoms with van der Waals surface area (Å²) in [5.74, 6) is -1.14. The number of nitrogens with zero attached hydrogens (tertiary/aromatic N) is 2. The van der Waals surface area contributed by atoms with Crippen LogP contribution < -0.4 is 0 Å². The zero-order valence-corrected chi connectivity index (χ0v) is 12.2. The van der Waals surface area contributed by atoms with Gasteiger partial charge >= 0.3 is 0 Å². The van der Waals surface area contributed by atoms with Gasteiger partial charge in [-0.25, -0.2) is 18.7 Å². The highest BCUT2D eigenvalue weighted by atomic mass is 35.5. The lowest BCUT2D eigenvalue weighted by molar-refractivity contribution is 0.584. The van der Waals surface area contributed by atoms with Crippen LogP contribution in [-0.4, -0.2) is 9.97 Å². The predicted molar refractivity (Wildman–Crippen MR) is 79.4 cm³/mol. The molecule has 5 heteroatoms. The van der Waals surface area contributed by atoms with Crippen molar-refractivity contribution >= 4 is 22.5 Å². The number of benzene rings is 2. The van der Waals surface area contributed by atoms with E-state index < -0.39 is 11.6 Å². The first-order chi connectivity index (χ1) is 9.94. The maximum Gasteiger partial charge on any atom is 0.161 e. The van der Waals surface area contributed by atoms with Gasteiger partial charge in [0.05, 0.1) is 5.52 Å². The highest BCUT2D eigenvalue weighted by Crippen LogP contribution is 2.28. The molecule has 2 aromatic carbocycles. The summed E-state index contributed by atoms with van der Waals surface area (Å²) in [6, 6.07) is 7.04. The first kappa shape index (κ1) is 13.9. The zero-order chi connectivity index (χ0) is 15.1. The molecule has 0 amide bonds. The lowest BCUT2D eigenvalue weighted by Gasteiger charge is -2.08. The summed E-state index contributed by atoms with van der Waals surface area (Å²) in [4.78, 5) is 8.56. The molecule has 0 aliphatic carbocycles. The molecule has 0 unspecified atom stereocenters. The van der Waals surface area contributed by atoms with E-state index in [2.05, 4.69) is 9.97 Å². The molecule has 3 rings (SSSR count). The summed E-state index contributed by atoms with van der Waals surface area (Å²) < 4.78 is 26.7. The van der Waals surface area contributed by atoms with Gasteiger partial charge in [0.1, 0.15) is 16.8 Å². The third-order valence-corrected chi connectivity index (χ3v) is 3.50. The largest absolute Gasteiger partial charge is 0.228 e. The van der Waals surface area contributed by atoms with Crippen LogP contribution in [0.4, 0.5) is 8.78 Å². The molecule has 106 valence electrons. The molecule has 1 heterocycles. The van der Waals surface area contributed by atoms with Crippen molar-refractivity contribution in [3.05, 3.63) is 58.2 Å². The van der Waals surface area contributed by atoms with Crippen LogP contribution in [0.25, 0.3) is 22.3 Å². The molecule has 0 saturated heterocycles. The van der Waals surface area contributed by atoms with Gasteiger partial charge in [0, 0.05) is 17.0 Å². The summed E-state index contributed by atoms with van der Waals surface area (Å²) in [5.41, 5.74) is 2.93. The van der Waals surface area contributed by atoms with Gasteiger partial charge in [0.15, 0.2) is 5.82 Å². The van der Waals surface area contributed by atoms with Crippen molar-refractivity contribution in [3.8, 4) is 11.4 Å². The normalized spacial score (nSPS) is 11.1. The molecule has 21 heavy (non-hydrogen) atoms. The number of rotatable bonds is 1. The Balaban J connectivity index is 2.30. The van der Waals surface area contributed by atoms with Crippen molar-refractivity contribution in [1.82, 2.24) is 9.97 Å². The minimum atomic E-state index is -0.676. The average Bonchev–Trinajstić information content (AvgIpc) is 2.38. The van der Waals surface area contributed by atoms with Crippen molar-refractivity contribution in [1.29, 1.82) is 0 Å². The third-order valence-electron chi connectivity index (χ3n) is 3.21. The Kier molecular flexibility index (Phi) is 3.33. The highest BCUT2D eigenvalue weighted by Gasteiger charge is 2.12. The number of halogens is 3. The van der Waals surface area contributed by atoms with E-state index in [1.807, 2.05) is 26.0 Å². The van der Waals surface area contributed by atoms with Crippen LogP contribution in [0.5, 0.6) is 0 Å². The second-order valence-corrected chi connectivity index (χ2v) is 5.33. The fourth-order valence-electron chi connectivity index (χ4n) is 2.36. The molecule has 2 nitrogen and oxygen atoms in total. The molecule has 0 spiro atoms. The summed E-state index contributed by atoms with van der Waals surface area (Å²) >= 11 is 6.20. The van der Waals surface area contributed by atoms with Crippen LogP contribution in [0, 0.1) is 25.5 Å². The van der Waals surface area contributed by atoms with Gasteiger partial charge in [-0.05, 0) is 37.6 Å². The smallest absolute Gasteiger partial charge is 0.161 e. The number of hydrogen-bond donors (Lipinski definition) is 0. The molecular weight excluding hydrogens is 294 g/mol. The topological polar surface area (TPSA) is 25.8 Å². The van der Waals surface area contributed by atoms with Gasteiger partial charge < -0.3 is 0 Å². The molecule has 0 aliphatic heterocycles. The Labute approximate surface area is 125 Å². The van der Waals surface area contributed by atoms with Crippen LogP contribution in [-0.2, 0) is 0 Å². The third kappa shape index (κ3) is 2.59. The summed E-state index contributed by atoms with van der Waals surface area (Å²) in [7, 11) is 0. The summed E-state index contributed by atoms with van der Waals surface area (Å²) in [5, 5.41) is 1.00. The molecule has 0 aliphatic rings. The van der Waals surface area contributed by atoms with Gasteiger partial charge in [-0.15, -0.1) is 0 Å². The second kappa shape index (κ2) is 5.04. The standard InChI is InChI=1S/C16H11ClF2N2/c1-8-3-9(2)14-13(4-8)15(17)21-16(20-14)10-5-11(18)7-12(19)6-10/h3-7H,1-2H3. The van der Waals surface area contributed by atoms with E-state index in [9.17, 15) is 8.78 Å². The van der Waals surface area contributed by atoms with E-state index in [1.165, 1.54) is 12.1 Å². The second-order valence-electron chi connectivity index (χ2n) is 4.97. The summed E-state index contributed by atoms with van der Waals surface area (Å²) in [6.07, 6.45) is 0. The molecular formula is C16H11ClF2N2. The quantitative estimate of drug-likeness (QED) is 0.601. The Morgan fingerprint density at radius 1 is 0.905 bits per heavy atom. The lowest BCUT2D eigenvalue weighted by atomic mass is 10.1. The SMILES string of the molecule is Cc1cc(C)c2nc(-c3cc(F)cc(F)c3)nc(Cl)c2c1. The average molecular weight is 305 g/mol. The van der Waals surface area contributed by atoms with Crippen molar-refractivity contribution in [2.75, 3.05) is 0 Å². The molecule has 0 bridgehead atoms. The molecule has 1 aromatic heterocycles. The van der Waals surface area contributed by atoms with Gasteiger partial charge in [-0.1, -0.05) is 23.2 Å². The molecule has 0 fully saturated rings. The Bertz CT molecular complexity index is 842. The van der Waals surface area contributed by atoms with Crippen LogP contribution in [0.15, 0.2) is 30.3 Å². The number of fused-ring (bicyclic) bond motifs is 1. The van der Waals surface area contributed by atoms with E-state index >= 15 is 0 Å². The van der Waals surface area contributed by atoms with Crippen LogP contribution in [0.3, 0.4) is 0 Å². The molecule has 0 radical (unpaired) electrons. The van der Waals surface area contributed by atoms with Gasteiger partial charge in [0.25, 0.3) is 0 Å². The maximum absolute atomic E-state index is 13.3. The van der Waals surface area contributed by atoms with E-state index in [0.717, 1.165) is 22.6 Å². The van der Waals surface area contributed by atoms with Crippen molar-refractivity contribution < 1.29 is 8.78 Å². The van der Waals surface area contributed by atoms with Gasteiger partial charge in [-0.2, -0.15) is 0 Å². The first-order valence-corrected chi connectivity index (χ1v) is 6.73. The Hall–Kier alpha value is -2.07.